The molecule has 1 atom stereocenters. The lowest BCUT2D eigenvalue weighted by Crippen LogP contribution is -2.40. The highest BCUT2D eigenvalue weighted by molar-refractivity contribution is 7.89. The van der Waals surface area contributed by atoms with Crippen molar-refractivity contribution >= 4 is 38.9 Å². The van der Waals surface area contributed by atoms with Crippen molar-refractivity contribution in [2.45, 2.75) is 29.9 Å². The number of aliphatic hydroxyl groups is 1. The number of hydrogen-bond donors (Lipinski definition) is 2. The van der Waals surface area contributed by atoms with Gasteiger partial charge < -0.3 is 14.9 Å². The number of benzene rings is 3. The topological polar surface area (TPSA) is 104 Å². The van der Waals surface area contributed by atoms with Crippen molar-refractivity contribution in [3.8, 4) is 0 Å². The molecule has 2 heterocycles. The molecule has 1 unspecified atom stereocenters. The second-order valence-electron chi connectivity index (χ2n) is 8.69. The van der Waals surface area contributed by atoms with E-state index in [-0.39, 0.29) is 17.0 Å². The highest BCUT2D eigenvalue weighted by Crippen LogP contribution is 2.46. The first-order valence-corrected chi connectivity index (χ1v) is 12.9. The average molecular weight is 498 g/mol. The number of nitrogens with two attached hydrogens (primary N) is 1. The number of anilines is 2. The smallest absolute Gasteiger partial charge is 0.268 e. The van der Waals surface area contributed by atoms with E-state index in [1.54, 1.807) is 18.2 Å². The third-order valence-corrected chi connectivity index (χ3v) is 7.71. The Morgan fingerprint density at radius 1 is 0.971 bits per heavy atom. The summed E-state index contributed by atoms with van der Waals surface area (Å²) >= 11 is 6.24. The van der Waals surface area contributed by atoms with Crippen molar-refractivity contribution in [1.29, 1.82) is 0 Å². The summed E-state index contributed by atoms with van der Waals surface area (Å²) < 4.78 is 23.3. The van der Waals surface area contributed by atoms with Crippen LogP contribution in [-0.2, 0) is 27.0 Å². The summed E-state index contributed by atoms with van der Waals surface area (Å²) in [6.45, 7) is 2.35. The summed E-state index contributed by atoms with van der Waals surface area (Å²) in [5.74, 6) is -0.531. The zero-order valence-corrected chi connectivity index (χ0v) is 19.9. The molecule has 9 heteroatoms. The quantitative estimate of drug-likeness (QED) is 0.562. The summed E-state index contributed by atoms with van der Waals surface area (Å²) in [6.07, 6.45) is 2.39. The number of nitrogens with zero attached hydrogens (tertiary/aromatic N) is 2. The molecule has 1 amide bonds. The molecule has 0 bridgehead atoms. The number of fused-ring (bicyclic) bond motifs is 1. The number of carbonyl (C=O) groups is 1. The number of hydrogen-bond acceptors (Lipinski definition) is 5. The van der Waals surface area contributed by atoms with E-state index in [9.17, 15) is 18.3 Å². The van der Waals surface area contributed by atoms with Gasteiger partial charge in [0, 0.05) is 29.4 Å². The number of halogens is 1. The lowest BCUT2D eigenvalue weighted by atomic mass is 9.87. The summed E-state index contributed by atoms with van der Waals surface area (Å²) in [5.41, 5.74) is 1.24. The normalized spacial score (nSPS) is 20.1. The predicted molar refractivity (Wildman–Crippen MR) is 131 cm³/mol. The van der Waals surface area contributed by atoms with E-state index in [0.717, 1.165) is 24.3 Å². The van der Waals surface area contributed by atoms with Crippen molar-refractivity contribution in [3.63, 3.8) is 0 Å². The van der Waals surface area contributed by atoms with Gasteiger partial charge in [0.1, 0.15) is 0 Å². The maximum absolute atomic E-state index is 13.6. The molecule has 0 spiro atoms. The number of rotatable bonds is 5. The summed E-state index contributed by atoms with van der Waals surface area (Å²) in [4.78, 5) is 17.4. The fraction of sp³-hybridized carbons (Fsp3) is 0.240. The van der Waals surface area contributed by atoms with Gasteiger partial charge >= 0.3 is 0 Å². The van der Waals surface area contributed by atoms with Crippen LogP contribution < -0.4 is 14.9 Å². The van der Waals surface area contributed by atoms with Crippen LogP contribution in [0.15, 0.2) is 71.6 Å². The van der Waals surface area contributed by atoms with Crippen LogP contribution in [0.25, 0.3) is 0 Å². The molecule has 0 aliphatic carbocycles. The summed E-state index contributed by atoms with van der Waals surface area (Å²) in [7, 11) is -3.90. The fourth-order valence-corrected chi connectivity index (χ4v) is 5.43. The molecule has 34 heavy (non-hydrogen) atoms. The summed E-state index contributed by atoms with van der Waals surface area (Å²) in [5, 5.41) is 17.3. The van der Waals surface area contributed by atoms with Gasteiger partial charge in [-0.1, -0.05) is 41.9 Å². The van der Waals surface area contributed by atoms with E-state index in [1.807, 2.05) is 12.1 Å². The van der Waals surface area contributed by atoms with Crippen molar-refractivity contribution in [1.82, 2.24) is 0 Å². The molecule has 2 aliphatic rings. The van der Waals surface area contributed by atoms with Gasteiger partial charge in [0.2, 0.25) is 10.0 Å². The van der Waals surface area contributed by atoms with Gasteiger partial charge in [-0.15, -0.1) is 0 Å². The molecule has 1 fully saturated rings. The van der Waals surface area contributed by atoms with Gasteiger partial charge in [-0.3, -0.25) is 4.79 Å². The molecule has 7 nitrogen and oxygen atoms in total. The number of amides is 1. The van der Waals surface area contributed by atoms with Crippen LogP contribution >= 0.6 is 11.6 Å². The number of primary sulfonamides is 1. The lowest BCUT2D eigenvalue weighted by molar-refractivity contribution is -0.132. The predicted octanol–water partition coefficient (Wildman–Crippen LogP) is 3.37. The highest BCUT2D eigenvalue weighted by atomic mass is 35.5. The van der Waals surface area contributed by atoms with Crippen LogP contribution in [0, 0.1) is 0 Å². The lowest BCUT2D eigenvalue weighted by Gasteiger charge is -2.24. The molecule has 1 saturated heterocycles. The van der Waals surface area contributed by atoms with E-state index in [4.69, 9.17) is 16.7 Å². The molecule has 3 aromatic carbocycles. The minimum Gasteiger partial charge on any atom is -0.372 e. The van der Waals surface area contributed by atoms with Gasteiger partial charge in [-0.25, -0.2) is 13.6 Å². The van der Waals surface area contributed by atoms with Gasteiger partial charge in [-0.2, -0.15) is 0 Å². The Morgan fingerprint density at radius 3 is 2.24 bits per heavy atom. The maximum atomic E-state index is 13.6. The molecular formula is C25H24ClN3O4S. The minimum absolute atomic E-state index is 0.100. The Kier molecular flexibility index (Phi) is 5.64. The van der Waals surface area contributed by atoms with Crippen LogP contribution in [0.1, 0.15) is 29.5 Å². The van der Waals surface area contributed by atoms with Crippen molar-refractivity contribution in [2.24, 2.45) is 5.14 Å². The molecule has 5 rings (SSSR count). The van der Waals surface area contributed by atoms with Gasteiger partial charge in [0.15, 0.2) is 5.60 Å². The van der Waals surface area contributed by atoms with Gasteiger partial charge in [-0.05, 0) is 60.4 Å². The van der Waals surface area contributed by atoms with Crippen LogP contribution in [0.2, 0.25) is 5.02 Å². The minimum atomic E-state index is -3.90. The SMILES string of the molecule is NS(=O)(=O)c1ccc(C2(O)C(=O)N(Cc3ccc(N4CCCC4)cc3)c3cc(Cl)ccc32)cc1. The van der Waals surface area contributed by atoms with Crippen molar-refractivity contribution in [3.05, 3.63) is 88.4 Å². The molecule has 0 saturated carbocycles. The first-order valence-electron chi connectivity index (χ1n) is 11.0. The van der Waals surface area contributed by atoms with E-state index >= 15 is 0 Å². The Morgan fingerprint density at radius 2 is 1.62 bits per heavy atom. The molecule has 176 valence electrons. The maximum Gasteiger partial charge on any atom is 0.268 e. The summed E-state index contributed by atoms with van der Waals surface area (Å²) in [6, 6.07) is 18.4. The highest BCUT2D eigenvalue weighted by Gasteiger charge is 2.51. The molecule has 3 N–H and O–H groups in total. The standard InChI is InChI=1S/C25H24ClN3O4S/c26-19-7-12-22-23(15-19)29(16-17-3-8-20(9-4-17)28-13-1-2-14-28)24(30)25(22,31)18-5-10-21(11-6-18)34(27,32)33/h3-12,15,31H,1-2,13-14,16H2,(H2,27,32,33). The largest absolute Gasteiger partial charge is 0.372 e. The monoisotopic (exact) mass is 497 g/mol. The van der Waals surface area contributed by atoms with Crippen molar-refractivity contribution in [2.75, 3.05) is 22.9 Å². The van der Waals surface area contributed by atoms with E-state index in [2.05, 4.69) is 17.0 Å². The zero-order valence-electron chi connectivity index (χ0n) is 18.3. The molecule has 3 aromatic rings. The Hall–Kier alpha value is -2.91. The Labute approximate surface area is 203 Å². The molecule has 0 radical (unpaired) electrons. The second-order valence-corrected chi connectivity index (χ2v) is 10.7. The van der Waals surface area contributed by atoms with E-state index in [1.165, 1.54) is 42.0 Å². The number of sulfonamides is 1. The second kappa shape index (κ2) is 8.39. The van der Waals surface area contributed by atoms with E-state index < -0.39 is 21.5 Å². The molecular weight excluding hydrogens is 474 g/mol. The van der Waals surface area contributed by atoms with Crippen LogP contribution in [0.4, 0.5) is 11.4 Å². The van der Waals surface area contributed by atoms with Gasteiger partial charge in [0.25, 0.3) is 5.91 Å². The van der Waals surface area contributed by atoms with Gasteiger partial charge in [0.05, 0.1) is 17.1 Å². The van der Waals surface area contributed by atoms with Crippen LogP contribution in [0.5, 0.6) is 0 Å². The first-order chi connectivity index (χ1) is 16.2. The van der Waals surface area contributed by atoms with E-state index in [0.29, 0.717) is 16.3 Å². The Bertz CT molecular complexity index is 1350. The van der Waals surface area contributed by atoms with Crippen LogP contribution in [-0.4, -0.2) is 32.5 Å². The Balaban J connectivity index is 1.50. The number of carbonyl (C=O) groups excluding carboxylic acids is 1. The molecule has 2 aliphatic heterocycles. The average Bonchev–Trinajstić information content (AvgIpc) is 3.42. The third-order valence-electron chi connectivity index (χ3n) is 6.54. The zero-order chi connectivity index (χ0) is 24.1. The van der Waals surface area contributed by atoms with Crippen molar-refractivity contribution < 1.29 is 18.3 Å². The third kappa shape index (κ3) is 3.86. The molecule has 0 aromatic heterocycles. The fourth-order valence-electron chi connectivity index (χ4n) is 4.75. The van der Waals surface area contributed by atoms with Crippen LogP contribution in [0.3, 0.4) is 0 Å². The first kappa shape index (κ1) is 22.9.